The fourth-order valence-electron chi connectivity index (χ4n) is 14.5. The Bertz CT molecular complexity index is 5530. The fourth-order valence-corrected chi connectivity index (χ4v) is 14.5. The smallest absolute Gasteiger partial charge is 0.550 e. The number of hydroxylamine groups is 2. The van der Waals surface area contributed by atoms with Crippen LogP contribution < -0.4 is 286 Å². The third-order valence-electron chi connectivity index (χ3n) is 21.1. The van der Waals surface area contributed by atoms with Crippen molar-refractivity contribution < 1.29 is 321 Å². The van der Waals surface area contributed by atoms with Crippen molar-refractivity contribution in [2.45, 2.75) is 175 Å². The van der Waals surface area contributed by atoms with Gasteiger partial charge in [0.15, 0.2) is 0 Å². The molecular formula is C85H85N14Na7O23. The molecule has 44 heteroatoms. The average molecular weight is 1830 g/mol. The van der Waals surface area contributed by atoms with Gasteiger partial charge in [-0.25, -0.2) is 30.0 Å². The van der Waals surface area contributed by atoms with Crippen LogP contribution in [-0.4, -0.2) is 161 Å². The van der Waals surface area contributed by atoms with Crippen molar-refractivity contribution in [3.05, 3.63) is 233 Å². The van der Waals surface area contributed by atoms with E-state index in [-0.39, 0.29) is 264 Å². The maximum absolute atomic E-state index is 13.1. The molecule has 6 unspecified atom stereocenters. The number of carboxylic acids is 7. The molecule has 0 aliphatic carbocycles. The molecule has 0 saturated heterocycles. The Labute approximate surface area is 896 Å². The minimum absolute atomic E-state index is 0. The summed E-state index contributed by atoms with van der Waals surface area (Å²) in [4.78, 5) is 173. The van der Waals surface area contributed by atoms with E-state index in [0.29, 0.717) is 152 Å². The maximum Gasteiger partial charge on any atom is 1.00 e. The summed E-state index contributed by atoms with van der Waals surface area (Å²) < 4.78 is 0. The minimum atomic E-state index is -1.85. The number of rotatable bonds is 34. The van der Waals surface area contributed by atoms with Gasteiger partial charge in [0.05, 0.1) is 128 Å². The van der Waals surface area contributed by atoms with Crippen LogP contribution in [0.15, 0.2) is 263 Å². The van der Waals surface area contributed by atoms with E-state index in [1.165, 1.54) is 31.5 Å². The van der Waals surface area contributed by atoms with Crippen LogP contribution in [0.5, 0.6) is 0 Å². The number of allylic oxidation sites excluding steroid dienone is 22. The standard InChI is InChI=1S/C43H47N7O11.C42H45N7O12.7Na/c1-7-24-21(3)29-16-34-27(12-13-44-61)43(6,60)37(48-34)18-30-23(5)26(9-11-39(53)50-36(42(58)59)19-40(54)55)33(47-30)17-32-25(22(4)28(46-32)15-31(24)45-29)8-10-38(52)49-35(41(56)57)14-20(2)51;1-6-22-19(2)26-13-27-20(3)23(7-9-36(50)48-33(40(56)57)17-38(52)53)29(44-27)15-30-24(8-10-37(51)49-34(41(58)59)18-39(54)55)21(4)28(45-30)14-32-25(11-12-43-61)42(5,60)35(47-32)16-31(22)46-26;;;;;;;/h7,12-13,15-18,35-36,44,48,60-61H,1,8-11,14,19H2,2-6H3,(H,49,52)(H,50,53)(H,54,55)(H,56,57)(H,58,59);6,11-16,33-34,43,47,60-61H,1,7-10,17-18H2,2-5H3,(H,48,50)(H,49,51)(H,52,53)(H,54,55)(H,56,57)(H,58,59);;;;;;;/q;;7*+1/p-7. The number of aliphatic carboxylic acids is 7. The van der Waals surface area contributed by atoms with E-state index >= 15 is 0 Å². The predicted octanol–water partition coefficient (Wildman–Crippen LogP) is -24.2. The molecule has 10 aliphatic heterocycles. The van der Waals surface area contributed by atoms with Gasteiger partial charge in [-0.2, -0.15) is 0 Å². The van der Waals surface area contributed by atoms with Gasteiger partial charge in [0.2, 0.25) is 23.6 Å². The maximum atomic E-state index is 13.1. The Morgan fingerprint density at radius 3 is 0.961 bits per heavy atom. The quantitative estimate of drug-likeness (QED) is 0.0210. The first-order valence-corrected chi connectivity index (χ1v) is 38.0. The Kier molecular flexibility index (Phi) is 47.3. The van der Waals surface area contributed by atoms with Gasteiger partial charge < -0.3 is 111 Å². The summed E-state index contributed by atoms with van der Waals surface area (Å²) in [6.45, 7) is 22.9. The van der Waals surface area contributed by atoms with Crippen molar-refractivity contribution in [3.8, 4) is 0 Å². The molecule has 12 N–H and O–H groups in total. The van der Waals surface area contributed by atoms with Crippen LogP contribution in [-0.2, 0) is 57.5 Å². The predicted molar refractivity (Wildman–Crippen MR) is 424 cm³/mol. The van der Waals surface area contributed by atoms with Crippen molar-refractivity contribution in [1.82, 2.24) is 42.9 Å². The second-order valence-electron chi connectivity index (χ2n) is 29.5. The van der Waals surface area contributed by atoms with E-state index in [4.69, 9.17) is 30.0 Å². The van der Waals surface area contributed by atoms with Crippen LogP contribution in [0.1, 0.15) is 139 Å². The molecule has 16 bridgehead atoms. The van der Waals surface area contributed by atoms with E-state index in [0.717, 1.165) is 11.1 Å². The summed E-state index contributed by atoms with van der Waals surface area (Å²) in [6.07, 6.45) is 17.4. The zero-order valence-electron chi connectivity index (χ0n) is 74.5. The first-order valence-electron chi connectivity index (χ1n) is 38.0. The van der Waals surface area contributed by atoms with Gasteiger partial charge in [0, 0.05) is 115 Å². The van der Waals surface area contributed by atoms with Crippen LogP contribution in [0.25, 0.3) is 0 Å². The number of nitrogens with one attached hydrogen (secondary N) is 8. The topological polar surface area (TPSA) is 618 Å². The number of amides is 4. The molecule has 37 nitrogen and oxygen atoms in total. The molecule has 0 fully saturated rings. The third-order valence-corrected chi connectivity index (χ3v) is 21.1. The van der Waals surface area contributed by atoms with Gasteiger partial charge in [-0.3, -0.25) is 45.3 Å². The van der Waals surface area contributed by atoms with E-state index < -0.39 is 132 Å². The number of nitrogens with zero attached hydrogens (tertiary/aromatic N) is 6. The molecule has 640 valence electrons. The van der Waals surface area contributed by atoms with Crippen molar-refractivity contribution in [2.75, 3.05) is 0 Å². The van der Waals surface area contributed by atoms with E-state index in [1.54, 1.807) is 102 Å². The van der Waals surface area contributed by atoms with Crippen molar-refractivity contribution in [3.63, 3.8) is 0 Å². The van der Waals surface area contributed by atoms with Gasteiger partial charge in [-0.05, 0) is 204 Å². The van der Waals surface area contributed by atoms with Crippen molar-refractivity contribution in [1.29, 1.82) is 0 Å². The zero-order valence-corrected chi connectivity index (χ0v) is 88.5. The number of hydrogen-bond donors (Lipinski definition) is 12. The number of aliphatic imine (C=N–C) groups is 6. The molecule has 10 heterocycles. The molecule has 0 radical (unpaired) electrons. The largest absolute Gasteiger partial charge is 1.00 e. The normalized spacial score (nSPS) is 19.4. The van der Waals surface area contributed by atoms with Crippen molar-refractivity contribution in [2.24, 2.45) is 30.0 Å². The van der Waals surface area contributed by atoms with E-state index in [9.17, 15) is 114 Å². The van der Waals surface area contributed by atoms with Gasteiger partial charge in [0.25, 0.3) is 0 Å². The Morgan fingerprint density at radius 1 is 0.380 bits per heavy atom. The Morgan fingerprint density at radius 2 is 0.643 bits per heavy atom. The molecule has 4 amide bonds. The van der Waals surface area contributed by atoms with Crippen LogP contribution in [0, 0.1) is 0 Å². The molecule has 0 aromatic carbocycles. The second-order valence-corrected chi connectivity index (χ2v) is 29.5. The van der Waals surface area contributed by atoms with Gasteiger partial charge in [-0.15, -0.1) is 0 Å². The number of fused-ring (bicyclic) bond motifs is 10. The molecule has 0 saturated carbocycles. The summed E-state index contributed by atoms with van der Waals surface area (Å²) >= 11 is 0. The van der Waals surface area contributed by atoms with Crippen molar-refractivity contribution >= 4 is 105 Å². The van der Waals surface area contributed by atoms with Gasteiger partial charge in [0.1, 0.15) is 17.0 Å². The van der Waals surface area contributed by atoms with Crippen LogP contribution in [0.3, 0.4) is 0 Å². The van der Waals surface area contributed by atoms with Gasteiger partial charge in [-0.1, -0.05) is 25.3 Å². The number of carbonyl (C=O) groups excluding carboxylic acids is 12. The molecule has 0 aromatic rings. The summed E-state index contributed by atoms with van der Waals surface area (Å²) in [5, 5.41) is 138. The minimum Gasteiger partial charge on any atom is -0.550 e. The molecule has 0 aromatic heterocycles. The summed E-state index contributed by atoms with van der Waals surface area (Å²) in [5.74, 6) is -15.6. The average Bonchev–Trinajstić information content (AvgIpc) is 1.60. The fraction of sp³-hybridized carbons (Fsp3) is 0.318. The molecular weight excluding hydrogens is 1750 g/mol. The second kappa shape index (κ2) is 51.8. The summed E-state index contributed by atoms with van der Waals surface area (Å²) in [7, 11) is 0. The molecule has 129 heavy (non-hydrogen) atoms. The first-order chi connectivity index (χ1) is 57.5. The number of ketones is 1. The summed E-state index contributed by atoms with van der Waals surface area (Å²) in [5.41, 5.74) is 14.9. The van der Waals surface area contributed by atoms with Gasteiger partial charge >= 0.3 is 207 Å². The molecule has 10 aliphatic rings. The van der Waals surface area contributed by atoms with Crippen LogP contribution in [0.2, 0.25) is 0 Å². The molecule has 10 rings (SSSR count). The zero-order chi connectivity index (χ0) is 89.8. The van der Waals surface area contributed by atoms with Crippen LogP contribution >= 0.6 is 0 Å². The Balaban J connectivity index is 0.000000828. The number of carbonyl (C=O) groups is 12. The van der Waals surface area contributed by atoms with Crippen LogP contribution in [0.4, 0.5) is 0 Å². The van der Waals surface area contributed by atoms with E-state index in [1.807, 2.05) is 24.8 Å². The molecule has 6 atom stereocenters. The summed E-state index contributed by atoms with van der Waals surface area (Å²) in [6, 6.07) is -7.05. The SMILES string of the molecule is C=CC1=C(C)C2=CC3=C(C=CNO)C(C)(O)C(=CC4=NC(=CC5=NC(=CC1=N2)C(C)=C5CCC(=O)NC(CC(C)=O)C(=O)[O-])C(CCC(=O)NC(CC(=O)[O-])C(=O)[O-])=C4C)N3.C=CC1=C(C)C2=CC3=NC(=CC4=NC(=CC5=C(C=CNO)C(C)(O)C(=CC1=N2)N5)C(C)=C4CCC(=O)NC(CC(=O)[O-])C(=O)[O-])C(CCC(=O)NC(CC(=O)[O-])C(=O)[O-])=C3C.[Na+].[Na+].[Na+].[Na+].[Na+].[Na+].[Na+]. The monoisotopic (exact) mass is 1830 g/mol. The number of hydrogen-bond acceptors (Lipinski definition) is 33. The Hall–Kier alpha value is -7.30. The number of Topliss-reactive ketones (excluding diaryl/α,β-unsaturated/α-hetero) is 1. The number of aliphatic hydroxyl groups is 2. The van der Waals surface area contributed by atoms with E-state index in [2.05, 4.69) is 45.1 Å². The third kappa shape index (κ3) is 29.4. The molecule has 0 spiro atoms. The first kappa shape index (κ1) is 118. The number of carboxylic acid groups (broad SMARTS) is 7.